The van der Waals surface area contributed by atoms with Crippen molar-refractivity contribution < 1.29 is 9.53 Å². The molecule has 7 nitrogen and oxygen atoms in total. The molecular formula is C22H33N5O2. The van der Waals surface area contributed by atoms with Crippen molar-refractivity contribution in [1.29, 1.82) is 0 Å². The number of ether oxygens (including phenoxy) is 1. The summed E-state index contributed by atoms with van der Waals surface area (Å²) in [4.78, 5) is 18.2. The average molecular weight is 400 g/mol. The van der Waals surface area contributed by atoms with Gasteiger partial charge in [-0.1, -0.05) is 24.3 Å². The van der Waals surface area contributed by atoms with Crippen LogP contribution in [0.2, 0.25) is 0 Å². The van der Waals surface area contributed by atoms with Crippen molar-refractivity contribution in [2.45, 2.75) is 63.4 Å². The molecule has 0 spiro atoms. The maximum Gasteiger partial charge on any atom is 0.221 e. The van der Waals surface area contributed by atoms with Crippen molar-refractivity contribution in [3.05, 3.63) is 35.4 Å². The second kappa shape index (κ2) is 9.13. The smallest absolute Gasteiger partial charge is 0.221 e. The molecule has 4 N–H and O–H groups in total. The normalized spacial score (nSPS) is 29.8. The lowest BCUT2D eigenvalue weighted by Gasteiger charge is -2.31. The fourth-order valence-corrected chi connectivity index (χ4v) is 4.87. The SMILES string of the molecule is CN=C(NCc1cccc(CN2CCCC(C(N)=O)C2)c1)NC1CC2CCC1O2. The Bertz CT molecular complexity index is 752. The van der Waals surface area contributed by atoms with Crippen LogP contribution in [-0.2, 0) is 22.6 Å². The van der Waals surface area contributed by atoms with Gasteiger partial charge in [0.15, 0.2) is 5.96 Å². The number of nitrogens with two attached hydrogens (primary N) is 1. The van der Waals surface area contributed by atoms with Crippen LogP contribution in [0.15, 0.2) is 29.3 Å². The van der Waals surface area contributed by atoms with Crippen molar-refractivity contribution in [2.75, 3.05) is 20.1 Å². The lowest BCUT2D eigenvalue weighted by Crippen LogP contribution is -2.47. The number of fused-ring (bicyclic) bond motifs is 2. The number of hydrogen-bond acceptors (Lipinski definition) is 4. The van der Waals surface area contributed by atoms with Crippen LogP contribution in [0.1, 0.15) is 43.2 Å². The van der Waals surface area contributed by atoms with Crippen LogP contribution < -0.4 is 16.4 Å². The highest BCUT2D eigenvalue weighted by atomic mass is 16.5. The molecule has 1 aromatic carbocycles. The van der Waals surface area contributed by atoms with Gasteiger partial charge in [0.2, 0.25) is 5.91 Å². The van der Waals surface area contributed by atoms with E-state index in [1.807, 2.05) is 7.05 Å². The Kier molecular flexibility index (Phi) is 6.35. The van der Waals surface area contributed by atoms with Gasteiger partial charge < -0.3 is 21.1 Å². The predicted octanol–water partition coefficient (Wildman–Crippen LogP) is 1.37. The van der Waals surface area contributed by atoms with Gasteiger partial charge in [-0.15, -0.1) is 0 Å². The van der Waals surface area contributed by atoms with Gasteiger partial charge in [0.25, 0.3) is 0 Å². The predicted molar refractivity (Wildman–Crippen MR) is 113 cm³/mol. The summed E-state index contributed by atoms with van der Waals surface area (Å²) in [6.07, 6.45) is 6.11. The van der Waals surface area contributed by atoms with E-state index in [0.29, 0.717) is 18.2 Å². The highest BCUT2D eigenvalue weighted by molar-refractivity contribution is 5.80. The van der Waals surface area contributed by atoms with E-state index < -0.39 is 0 Å². The molecule has 3 aliphatic rings. The monoisotopic (exact) mass is 399 g/mol. The third kappa shape index (κ3) is 5.08. The number of carbonyl (C=O) groups excluding carboxylic acids is 1. The molecule has 3 heterocycles. The average Bonchev–Trinajstić information content (AvgIpc) is 3.35. The minimum absolute atomic E-state index is 0.0159. The second-order valence-corrected chi connectivity index (χ2v) is 8.58. The van der Waals surface area contributed by atoms with Gasteiger partial charge in [0.1, 0.15) is 0 Å². The molecule has 1 aromatic rings. The highest BCUT2D eigenvalue weighted by Gasteiger charge is 2.41. The Morgan fingerprint density at radius 1 is 1.31 bits per heavy atom. The number of likely N-dealkylation sites (tertiary alicyclic amines) is 1. The molecule has 0 aliphatic carbocycles. The maximum atomic E-state index is 11.5. The zero-order valence-corrected chi connectivity index (χ0v) is 17.3. The molecule has 3 aliphatic heterocycles. The van der Waals surface area contributed by atoms with Crippen molar-refractivity contribution in [3.8, 4) is 0 Å². The molecule has 4 unspecified atom stereocenters. The van der Waals surface area contributed by atoms with Gasteiger partial charge in [-0.25, -0.2) is 0 Å². The first-order valence-corrected chi connectivity index (χ1v) is 10.8. The van der Waals surface area contributed by atoms with Crippen molar-refractivity contribution in [3.63, 3.8) is 0 Å². The summed E-state index contributed by atoms with van der Waals surface area (Å²) < 4.78 is 5.92. The van der Waals surface area contributed by atoms with E-state index in [-0.39, 0.29) is 11.8 Å². The Morgan fingerprint density at radius 2 is 2.17 bits per heavy atom. The standard InChI is InChI=1S/C22H33N5O2/c1-24-22(26-19-11-18-7-8-20(19)29-18)25-12-15-4-2-5-16(10-15)13-27-9-3-6-17(14-27)21(23)28/h2,4-5,10,17-20H,3,6-9,11-14H2,1H3,(H2,23,28)(H2,24,25,26). The molecule has 7 heteroatoms. The number of aliphatic imine (C=N–C) groups is 1. The number of nitrogens with one attached hydrogen (secondary N) is 2. The van der Waals surface area contributed by atoms with E-state index in [1.165, 1.54) is 17.5 Å². The number of hydrogen-bond donors (Lipinski definition) is 3. The summed E-state index contributed by atoms with van der Waals surface area (Å²) in [5.74, 6) is 0.641. The lowest BCUT2D eigenvalue weighted by molar-refractivity contribution is -0.123. The summed E-state index contributed by atoms with van der Waals surface area (Å²) in [6.45, 7) is 3.36. The third-order valence-electron chi connectivity index (χ3n) is 6.42. The number of primary amides is 1. The van der Waals surface area contributed by atoms with Gasteiger partial charge in [-0.05, 0) is 49.8 Å². The van der Waals surface area contributed by atoms with E-state index in [9.17, 15) is 4.79 Å². The summed E-state index contributed by atoms with van der Waals surface area (Å²) in [6, 6.07) is 8.98. The Morgan fingerprint density at radius 3 is 2.90 bits per heavy atom. The van der Waals surface area contributed by atoms with Gasteiger partial charge in [-0.3, -0.25) is 14.7 Å². The third-order valence-corrected chi connectivity index (χ3v) is 6.42. The Balaban J connectivity index is 1.28. The van der Waals surface area contributed by atoms with Gasteiger partial charge in [0.05, 0.1) is 24.2 Å². The van der Waals surface area contributed by atoms with Crippen LogP contribution in [0, 0.1) is 5.92 Å². The first kappa shape index (κ1) is 20.2. The van der Waals surface area contributed by atoms with E-state index in [4.69, 9.17) is 10.5 Å². The summed E-state index contributed by atoms with van der Waals surface area (Å²) in [5.41, 5.74) is 7.99. The first-order chi connectivity index (χ1) is 14.1. The van der Waals surface area contributed by atoms with Crippen molar-refractivity contribution in [1.82, 2.24) is 15.5 Å². The highest BCUT2D eigenvalue weighted by Crippen LogP contribution is 2.34. The number of nitrogens with zero attached hydrogens (tertiary/aromatic N) is 2. The van der Waals surface area contributed by atoms with E-state index in [2.05, 4.69) is 44.8 Å². The minimum atomic E-state index is -0.174. The maximum absolute atomic E-state index is 11.5. The number of guanidine groups is 1. The molecule has 3 fully saturated rings. The van der Waals surface area contributed by atoms with Crippen LogP contribution in [0.25, 0.3) is 0 Å². The number of rotatable bonds is 6. The minimum Gasteiger partial charge on any atom is -0.373 e. The van der Waals surface area contributed by atoms with E-state index in [1.54, 1.807) is 0 Å². The van der Waals surface area contributed by atoms with Crippen LogP contribution in [0.5, 0.6) is 0 Å². The van der Waals surface area contributed by atoms with Crippen LogP contribution in [0.4, 0.5) is 0 Å². The molecule has 3 saturated heterocycles. The van der Waals surface area contributed by atoms with Crippen molar-refractivity contribution >= 4 is 11.9 Å². The second-order valence-electron chi connectivity index (χ2n) is 8.58. The molecule has 2 bridgehead atoms. The number of benzene rings is 1. The molecule has 1 amide bonds. The number of carbonyl (C=O) groups is 1. The molecule has 4 atom stereocenters. The van der Waals surface area contributed by atoms with Crippen LogP contribution in [0.3, 0.4) is 0 Å². The Labute approximate surface area is 173 Å². The molecule has 4 rings (SSSR count). The topological polar surface area (TPSA) is 92.0 Å². The lowest BCUT2D eigenvalue weighted by atomic mass is 9.96. The van der Waals surface area contributed by atoms with E-state index >= 15 is 0 Å². The van der Waals surface area contributed by atoms with Crippen LogP contribution >= 0.6 is 0 Å². The molecular weight excluding hydrogens is 366 g/mol. The summed E-state index contributed by atoms with van der Waals surface area (Å²) >= 11 is 0. The van der Waals surface area contributed by atoms with Crippen molar-refractivity contribution in [2.24, 2.45) is 16.6 Å². The fraction of sp³-hybridized carbons (Fsp3) is 0.636. The zero-order valence-electron chi connectivity index (χ0n) is 17.3. The zero-order chi connectivity index (χ0) is 20.2. The Hall–Kier alpha value is -2.12. The number of piperidine rings is 1. The van der Waals surface area contributed by atoms with Gasteiger partial charge in [0, 0.05) is 26.7 Å². The first-order valence-electron chi connectivity index (χ1n) is 10.8. The quantitative estimate of drug-likeness (QED) is 0.496. The summed E-state index contributed by atoms with van der Waals surface area (Å²) in [5, 5.41) is 6.96. The molecule has 158 valence electrons. The van der Waals surface area contributed by atoms with Crippen LogP contribution in [-0.4, -0.2) is 55.2 Å². The van der Waals surface area contributed by atoms with Gasteiger partial charge in [-0.2, -0.15) is 0 Å². The molecule has 0 radical (unpaired) electrons. The number of amides is 1. The summed E-state index contributed by atoms with van der Waals surface area (Å²) in [7, 11) is 1.81. The molecule has 0 aromatic heterocycles. The van der Waals surface area contributed by atoms with Gasteiger partial charge >= 0.3 is 0 Å². The van der Waals surface area contributed by atoms with E-state index in [0.717, 1.165) is 57.8 Å². The molecule has 0 saturated carbocycles. The largest absolute Gasteiger partial charge is 0.373 e. The molecule has 29 heavy (non-hydrogen) atoms. The fourth-order valence-electron chi connectivity index (χ4n) is 4.87.